The number of phenolic OH excluding ortho intramolecular Hbond substituents is 2. The second kappa shape index (κ2) is 33.2. The normalized spacial score (nSPS) is 15.3. The van der Waals surface area contributed by atoms with E-state index in [4.69, 9.17) is 28.3 Å². The van der Waals surface area contributed by atoms with Gasteiger partial charge in [0.1, 0.15) is 60.4 Å². The number of nitrogens with one attached hydrogen (secondary N) is 2. The lowest BCUT2D eigenvalue weighted by molar-refractivity contribution is -0.137. The first-order valence-electron chi connectivity index (χ1n) is 29.3. The zero-order valence-corrected chi connectivity index (χ0v) is 57.0. The van der Waals surface area contributed by atoms with Gasteiger partial charge in [-0.25, -0.2) is 37.5 Å². The summed E-state index contributed by atoms with van der Waals surface area (Å²) in [5.74, 6) is -3.17. The Hall–Kier alpha value is -9.08. The largest absolute Gasteiger partial charge is 0.507 e. The zero-order chi connectivity index (χ0) is 68.5. The van der Waals surface area contributed by atoms with Crippen LogP contribution in [0.2, 0.25) is 10.0 Å². The number of likely N-dealkylation sites (tertiary alicyclic amines) is 1. The number of carbonyl (C=O) groups is 6. The number of hydrogen-bond donors (Lipinski definition) is 5. The molecule has 18 nitrogen and oxygen atoms in total. The van der Waals surface area contributed by atoms with Gasteiger partial charge >= 0.3 is 5.97 Å². The highest BCUT2D eigenvalue weighted by molar-refractivity contribution is 8.07. The van der Waals surface area contributed by atoms with Gasteiger partial charge in [0.2, 0.25) is 11.8 Å². The van der Waals surface area contributed by atoms with E-state index in [0.29, 0.717) is 99.1 Å². The molecule has 2 fully saturated rings. The molecule has 0 bridgehead atoms. The molecule has 4 aromatic heterocycles. The predicted octanol–water partition coefficient (Wildman–Crippen LogP) is 13.2. The van der Waals surface area contributed by atoms with Crippen molar-refractivity contribution in [2.45, 2.75) is 84.5 Å². The van der Waals surface area contributed by atoms with Crippen LogP contribution in [0.3, 0.4) is 0 Å². The lowest BCUT2D eigenvalue weighted by Gasteiger charge is -2.24. The Balaban J connectivity index is 0.000000219. The van der Waals surface area contributed by atoms with Gasteiger partial charge in [0.15, 0.2) is 23.2 Å². The number of ketones is 3. The van der Waals surface area contributed by atoms with Crippen molar-refractivity contribution in [2.24, 2.45) is 0 Å². The molecule has 0 saturated carbocycles. The van der Waals surface area contributed by atoms with Gasteiger partial charge in [0, 0.05) is 174 Å². The van der Waals surface area contributed by atoms with E-state index in [-0.39, 0.29) is 111 Å². The van der Waals surface area contributed by atoms with Crippen molar-refractivity contribution >= 4 is 134 Å². The first-order chi connectivity index (χ1) is 45.4. The number of benzene rings is 6. The number of carboxylic acid groups (broad SMARTS) is 1. The number of aliphatic carboxylic acids is 1. The van der Waals surface area contributed by atoms with Crippen molar-refractivity contribution in [3.8, 4) is 56.0 Å². The van der Waals surface area contributed by atoms with E-state index in [2.05, 4.69) is 52.9 Å². The number of nitrogens with zero attached hydrogens (tertiary/aromatic N) is 7. The molecule has 2 amide bonds. The van der Waals surface area contributed by atoms with Gasteiger partial charge < -0.3 is 40.0 Å². The molecule has 6 aromatic carbocycles. The minimum atomic E-state index is -1.48. The summed E-state index contributed by atoms with van der Waals surface area (Å²) in [6.07, 6.45) is 6.62. The average Bonchev–Trinajstić information content (AvgIpc) is 1.66. The Morgan fingerprint density at radius 3 is 1.56 bits per heavy atom. The summed E-state index contributed by atoms with van der Waals surface area (Å²) >= 11 is 19.7. The number of alkyl halides is 2. The first-order valence-corrected chi connectivity index (χ1v) is 31.4. The number of aryl methyl sites for hydroxylation is 2. The van der Waals surface area contributed by atoms with Gasteiger partial charge in [-0.3, -0.25) is 28.8 Å². The van der Waals surface area contributed by atoms with Crippen molar-refractivity contribution in [3.05, 3.63) is 196 Å². The smallest absolute Gasteiger partial charge is 0.323 e. The van der Waals surface area contributed by atoms with Crippen LogP contribution in [-0.2, 0) is 61.1 Å². The second-order valence-electron chi connectivity index (χ2n) is 22.4. The van der Waals surface area contributed by atoms with Crippen molar-refractivity contribution in [1.82, 2.24) is 39.3 Å². The fourth-order valence-corrected chi connectivity index (χ4v) is 11.8. The molecule has 0 aliphatic carbocycles. The SMILES string of the molecule is CC(=O)c1cn(CC(=O)N2C[C@H](F)C[C@H]2C(=O)Nc2cccc(-c3ccccc3Cl)c2F)c2cc(O)c(-c3cnc(C)nc3)cc12.CC(=O)c1cn(CC(=O)O)c2cc(O)c(-c3cnc(C)nc3)cc12.Cl.O=C(Cc1cccc(-c2ccccc2Cl)c1F)[C@@H]1C[C@@H](F)CN1.S.S=S. The number of halogens is 7. The third kappa shape index (κ3) is 17.4. The van der Waals surface area contributed by atoms with Crippen LogP contribution in [-0.4, -0.2) is 122 Å². The van der Waals surface area contributed by atoms with E-state index in [9.17, 15) is 52.2 Å². The molecule has 504 valence electrons. The van der Waals surface area contributed by atoms with Crippen LogP contribution >= 0.6 is 49.1 Å². The summed E-state index contributed by atoms with van der Waals surface area (Å²) in [5.41, 5.74) is 5.36. The number of aromatic hydroxyl groups is 2. The average molecular weight is 1440 g/mol. The zero-order valence-electron chi connectivity index (χ0n) is 52.0. The van der Waals surface area contributed by atoms with Crippen molar-refractivity contribution in [2.75, 3.05) is 18.4 Å². The number of hydrogen-bond acceptors (Lipinski definition) is 15. The number of carbonyl (C=O) groups excluding carboxylic acids is 5. The maximum absolute atomic E-state index is 15.5. The fraction of sp³-hybridized carbons (Fsp3) is 0.217. The Bertz CT molecular complexity index is 4610. The molecule has 2 saturated heterocycles. The molecular formula is C69H62Cl3F4N9O9S3. The van der Waals surface area contributed by atoms with Crippen LogP contribution in [0.1, 0.15) is 64.6 Å². The quantitative estimate of drug-likeness (QED) is 0.0472. The number of rotatable bonds is 15. The van der Waals surface area contributed by atoms with Crippen LogP contribution < -0.4 is 10.6 Å². The monoisotopic (exact) mass is 1440 g/mol. The summed E-state index contributed by atoms with van der Waals surface area (Å²) in [7, 11) is 0. The van der Waals surface area contributed by atoms with E-state index in [1.165, 1.54) is 59.6 Å². The second-order valence-corrected chi connectivity index (χ2v) is 23.2. The predicted molar refractivity (Wildman–Crippen MR) is 376 cm³/mol. The lowest BCUT2D eigenvalue weighted by atomic mass is 9.97. The minimum absolute atomic E-state index is 0. The van der Waals surface area contributed by atoms with Gasteiger partial charge in [0.05, 0.1) is 29.3 Å². The minimum Gasteiger partial charge on any atom is -0.507 e. The summed E-state index contributed by atoms with van der Waals surface area (Å²) in [4.78, 5) is 92.3. The van der Waals surface area contributed by atoms with Crippen LogP contribution in [0, 0.1) is 25.5 Å². The Morgan fingerprint density at radius 2 is 1.09 bits per heavy atom. The van der Waals surface area contributed by atoms with E-state index in [0.717, 1.165) is 4.90 Å². The molecule has 0 unspecified atom stereocenters. The molecule has 5 N–H and O–H groups in total. The Labute approximate surface area is 586 Å². The number of anilines is 1. The van der Waals surface area contributed by atoms with Gasteiger partial charge in [-0.2, -0.15) is 13.5 Å². The van der Waals surface area contributed by atoms with E-state index >= 15 is 4.39 Å². The highest BCUT2D eigenvalue weighted by Gasteiger charge is 2.40. The molecule has 2 aliphatic heterocycles. The van der Waals surface area contributed by atoms with Gasteiger partial charge in [-0.05, 0) is 63.6 Å². The van der Waals surface area contributed by atoms with E-state index in [1.54, 1.807) is 124 Å². The molecule has 97 heavy (non-hydrogen) atoms. The molecule has 4 atom stereocenters. The Morgan fingerprint density at radius 1 is 0.629 bits per heavy atom. The molecule has 6 heterocycles. The molecule has 0 radical (unpaired) electrons. The van der Waals surface area contributed by atoms with Crippen LogP contribution in [0.15, 0.2) is 146 Å². The molecule has 28 heteroatoms. The van der Waals surface area contributed by atoms with Crippen LogP contribution in [0.4, 0.5) is 23.2 Å². The standard InChI is InChI=1S/C34H28ClF2N5O4.C18H16ClF2NO.C17H15N3O4.ClH.S2.H2S/c1-18(43)26-16-41(29-12-31(44)24(11-25(26)29)20-13-38-19(2)39-14-20)17-32(45)42-15-21(36)10-30(42)34(46)40-28-9-5-7-23(33(28)37)22-6-3-4-8-27(22)35;19-15-7-2-1-5-13(15)14-6-3-4-11(18(14)21)8-17(23)16-9-12(20)10-22-16;1-9(21)14-7-20(8-17(23)24)15-4-16(22)12(3-13(14)15)11-5-18-10(2)19-6-11;;1-2;/h3-9,11-14,16,21,30,44H,10,15,17H2,1-2H3,(H,40,46);1-7,12,16,22H,8-10H2;3-7,22H,8H2,1-2H3,(H,23,24);1H;;1H2/t21-,30+;12-,16+;;;;/m11..../s1. The summed E-state index contributed by atoms with van der Waals surface area (Å²) < 4.78 is 61.1. The van der Waals surface area contributed by atoms with Crippen molar-refractivity contribution < 1.29 is 61.6 Å². The molecular weight excluding hydrogens is 1380 g/mol. The molecule has 12 rings (SSSR count). The summed E-state index contributed by atoms with van der Waals surface area (Å²) in [6.45, 7) is 5.50. The van der Waals surface area contributed by atoms with Crippen LogP contribution in [0.25, 0.3) is 66.3 Å². The number of Topliss-reactive ketones (excluding diaryl/α,β-unsaturated/α-hetero) is 3. The number of amides is 2. The lowest BCUT2D eigenvalue weighted by Crippen LogP contribution is -2.44. The maximum atomic E-state index is 15.5. The third-order valence-corrected chi connectivity index (χ3v) is 16.6. The van der Waals surface area contributed by atoms with Gasteiger partial charge in [-0.1, -0.05) is 89.9 Å². The number of aromatic nitrogens is 6. The molecule has 0 spiro atoms. The summed E-state index contributed by atoms with van der Waals surface area (Å²) in [6, 6.07) is 27.5. The molecule has 2 aliphatic rings. The van der Waals surface area contributed by atoms with Crippen LogP contribution in [0.5, 0.6) is 11.5 Å². The van der Waals surface area contributed by atoms with Crippen molar-refractivity contribution in [1.29, 1.82) is 0 Å². The number of phenols is 2. The topological polar surface area (TPSA) is 252 Å². The number of carboxylic acids is 1. The summed E-state index contributed by atoms with van der Waals surface area (Å²) in [5, 5.41) is 37.4. The highest BCUT2D eigenvalue weighted by Crippen LogP contribution is 2.39. The maximum Gasteiger partial charge on any atom is 0.323 e. The first kappa shape index (κ1) is 75.3. The fourth-order valence-electron chi connectivity index (χ4n) is 11.3. The number of fused-ring (bicyclic) bond motifs is 2. The Kier molecular flexibility index (Phi) is 25.8. The third-order valence-electron chi connectivity index (χ3n) is 15.9. The van der Waals surface area contributed by atoms with Gasteiger partial charge in [0.25, 0.3) is 0 Å². The molecule has 10 aromatic rings. The highest BCUT2D eigenvalue weighted by atomic mass is 35.5. The van der Waals surface area contributed by atoms with Gasteiger partial charge in [-0.15, -0.1) is 12.4 Å². The van der Waals surface area contributed by atoms with E-state index in [1.807, 2.05) is 0 Å². The van der Waals surface area contributed by atoms with Crippen molar-refractivity contribution in [3.63, 3.8) is 0 Å². The van der Waals surface area contributed by atoms with E-state index < -0.39 is 53.8 Å².